The highest BCUT2D eigenvalue weighted by Gasteiger charge is 2.17. The second-order valence-corrected chi connectivity index (χ2v) is 7.07. The van der Waals surface area contributed by atoms with Crippen LogP contribution in [0.2, 0.25) is 0 Å². The van der Waals surface area contributed by atoms with Crippen LogP contribution in [0.3, 0.4) is 0 Å². The Balaban J connectivity index is 2.36. The van der Waals surface area contributed by atoms with Crippen LogP contribution in [0.5, 0.6) is 5.75 Å². The third-order valence-corrected chi connectivity index (χ3v) is 4.43. The van der Waals surface area contributed by atoms with Crippen molar-refractivity contribution in [2.45, 2.75) is 6.92 Å². The number of nitrogens with one attached hydrogen (secondary N) is 1. The molecule has 0 fully saturated rings. The molecule has 0 saturated carbocycles. The monoisotopic (exact) mass is 475 g/mol. The molecule has 110 valence electrons. The lowest BCUT2D eigenvalue weighted by atomic mass is 10.1. The first-order chi connectivity index (χ1) is 9.92. The molecule has 2 aromatic rings. The fraction of sp³-hybridized carbons (Fsp3) is 0.133. The van der Waals surface area contributed by atoms with E-state index in [2.05, 4.69) is 53.1 Å². The number of carbonyl (C=O) groups excluding carboxylic acids is 1. The lowest BCUT2D eigenvalue weighted by Gasteiger charge is -2.13. The molecule has 0 aliphatic heterocycles. The molecule has 0 aliphatic carbocycles. The van der Waals surface area contributed by atoms with Gasteiger partial charge in [0, 0.05) is 14.6 Å². The maximum atomic E-state index is 12.5. The largest absolute Gasteiger partial charge is 0.495 e. The molecule has 2 rings (SSSR count). The van der Waals surface area contributed by atoms with E-state index in [0.29, 0.717) is 11.3 Å². The molecule has 1 amide bonds. The Bertz CT molecular complexity index is 702. The number of aryl methyl sites for hydroxylation is 1. The maximum Gasteiger partial charge on any atom is 0.259 e. The van der Waals surface area contributed by atoms with Gasteiger partial charge in [0.1, 0.15) is 5.75 Å². The van der Waals surface area contributed by atoms with Crippen LogP contribution in [0.4, 0.5) is 5.69 Å². The molecule has 3 nitrogen and oxygen atoms in total. The summed E-state index contributed by atoms with van der Waals surface area (Å²) in [5.41, 5.74) is 2.20. The third-order valence-electron chi connectivity index (χ3n) is 2.89. The predicted octanol–water partition coefficient (Wildman–Crippen LogP) is 5.54. The van der Waals surface area contributed by atoms with Crippen molar-refractivity contribution in [1.82, 2.24) is 0 Å². The standard InChI is InChI=1S/C15H12Br3NO2/c1-8-5-9(16)3-4-13(8)19-15(20)11-6-10(17)7-12(18)14(11)21-2/h3-7H,1-2H3,(H,19,20). The predicted molar refractivity (Wildman–Crippen MR) is 95.2 cm³/mol. The highest BCUT2D eigenvalue weighted by atomic mass is 79.9. The number of halogens is 3. The summed E-state index contributed by atoms with van der Waals surface area (Å²) >= 11 is 10.2. The van der Waals surface area contributed by atoms with Crippen molar-refractivity contribution in [3.05, 3.63) is 54.9 Å². The van der Waals surface area contributed by atoms with Crippen LogP contribution < -0.4 is 10.1 Å². The van der Waals surface area contributed by atoms with Gasteiger partial charge >= 0.3 is 0 Å². The van der Waals surface area contributed by atoms with E-state index in [-0.39, 0.29) is 5.91 Å². The Morgan fingerprint density at radius 1 is 1.10 bits per heavy atom. The number of methoxy groups -OCH3 is 1. The Hall–Kier alpha value is -0.850. The van der Waals surface area contributed by atoms with Gasteiger partial charge < -0.3 is 10.1 Å². The summed E-state index contributed by atoms with van der Waals surface area (Å²) in [7, 11) is 1.54. The molecule has 0 atom stereocenters. The van der Waals surface area contributed by atoms with Crippen LogP contribution in [0.15, 0.2) is 43.7 Å². The fourth-order valence-corrected chi connectivity index (χ4v) is 3.76. The summed E-state index contributed by atoms with van der Waals surface area (Å²) in [5.74, 6) is 0.282. The van der Waals surface area contributed by atoms with E-state index in [9.17, 15) is 4.79 Å². The molecule has 0 spiro atoms. The number of benzene rings is 2. The van der Waals surface area contributed by atoms with Gasteiger partial charge in [0.05, 0.1) is 17.1 Å². The second kappa shape index (κ2) is 6.94. The van der Waals surface area contributed by atoms with Gasteiger partial charge in [-0.2, -0.15) is 0 Å². The molecule has 0 heterocycles. The second-order valence-electron chi connectivity index (χ2n) is 4.38. The van der Waals surface area contributed by atoms with E-state index >= 15 is 0 Å². The molecule has 2 aromatic carbocycles. The van der Waals surface area contributed by atoms with Crippen molar-refractivity contribution in [3.8, 4) is 5.75 Å². The molecule has 0 aromatic heterocycles. The summed E-state index contributed by atoms with van der Waals surface area (Å²) < 4.78 is 7.79. The minimum absolute atomic E-state index is 0.223. The first-order valence-corrected chi connectivity index (χ1v) is 8.41. The molecule has 0 unspecified atom stereocenters. The normalized spacial score (nSPS) is 10.3. The zero-order valence-corrected chi connectivity index (χ0v) is 16.1. The Kier molecular flexibility index (Phi) is 5.46. The summed E-state index contributed by atoms with van der Waals surface area (Å²) in [6.45, 7) is 1.94. The Morgan fingerprint density at radius 3 is 2.43 bits per heavy atom. The van der Waals surface area contributed by atoms with E-state index in [4.69, 9.17) is 4.74 Å². The van der Waals surface area contributed by atoms with Gasteiger partial charge in [-0.15, -0.1) is 0 Å². The minimum Gasteiger partial charge on any atom is -0.495 e. The van der Waals surface area contributed by atoms with Crippen molar-refractivity contribution in [3.63, 3.8) is 0 Å². The van der Waals surface area contributed by atoms with Gasteiger partial charge in [-0.3, -0.25) is 4.79 Å². The summed E-state index contributed by atoms with van der Waals surface area (Å²) in [6.07, 6.45) is 0. The maximum absolute atomic E-state index is 12.5. The van der Waals surface area contributed by atoms with Crippen LogP contribution in [0, 0.1) is 6.92 Å². The number of amides is 1. The van der Waals surface area contributed by atoms with E-state index < -0.39 is 0 Å². The van der Waals surface area contributed by atoms with Crippen molar-refractivity contribution in [2.24, 2.45) is 0 Å². The number of carbonyl (C=O) groups is 1. The number of hydrogen-bond donors (Lipinski definition) is 1. The van der Waals surface area contributed by atoms with E-state index in [1.807, 2.05) is 31.2 Å². The van der Waals surface area contributed by atoms with Gasteiger partial charge in [0.15, 0.2) is 0 Å². The lowest BCUT2D eigenvalue weighted by Crippen LogP contribution is -2.14. The average Bonchev–Trinajstić information content (AvgIpc) is 2.41. The van der Waals surface area contributed by atoms with Gasteiger partial charge in [-0.05, 0) is 58.7 Å². The number of hydrogen-bond acceptors (Lipinski definition) is 2. The molecular formula is C15H12Br3NO2. The third kappa shape index (κ3) is 3.87. The Morgan fingerprint density at radius 2 is 1.81 bits per heavy atom. The first kappa shape index (κ1) is 16.5. The van der Waals surface area contributed by atoms with E-state index in [1.165, 1.54) is 7.11 Å². The zero-order chi connectivity index (χ0) is 15.6. The van der Waals surface area contributed by atoms with E-state index in [1.54, 1.807) is 6.07 Å². The quantitative estimate of drug-likeness (QED) is 0.630. The van der Waals surface area contributed by atoms with Crippen molar-refractivity contribution >= 4 is 59.4 Å². The molecule has 6 heteroatoms. The van der Waals surface area contributed by atoms with Gasteiger partial charge in [0.2, 0.25) is 0 Å². The van der Waals surface area contributed by atoms with Crippen LogP contribution in [-0.4, -0.2) is 13.0 Å². The topological polar surface area (TPSA) is 38.3 Å². The molecule has 21 heavy (non-hydrogen) atoms. The molecule has 0 bridgehead atoms. The molecule has 1 N–H and O–H groups in total. The average molecular weight is 478 g/mol. The highest BCUT2D eigenvalue weighted by molar-refractivity contribution is 9.11. The summed E-state index contributed by atoms with van der Waals surface area (Å²) in [4.78, 5) is 12.5. The van der Waals surface area contributed by atoms with Crippen LogP contribution in [0.25, 0.3) is 0 Å². The van der Waals surface area contributed by atoms with Gasteiger partial charge in [0.25, 0.3) is 5.91 Å². The zero-order valence-electron chi connectivity index (χ0n) is 11.3. The number of anilines is 1. The fourth-order valence-electron chi connectivity index (χ4n) is 1.89. The Labute approximate surface area is 148 Å². The van der Waals surface area contributed by atoms with Gasteiger partial charge in [-0.1, -0.05) is 31.9 Å². The smallest absolute Gasteiger partial charge is 0.259 e. The highest BCUT2D eigenvalue weighted by Crippen LogP contribution is 2.33. The SMILES string of the molecule is COc1c(Br)cc(Br)cc1C(=O)Nc1ccc(Br)cc1C. The van der Waals surface area contributed by atoms with Crippen LogP contribution in [-0.2, 0) is 0 Å². The van der Waals surface area contributed by atoms with Crippen LogP contribution >= 0.6 is 47.8 Å². The molecule has 0 aliphatic rings. The van der Waals surface area contributed by atoms with Crippen molar-refractivity contribution in [1.29, 1.82) is 0 Å². The molecular weight excluding hydrogens is 466 g/mol. The number of ether oxygens (including phenoxy) is 1. The van der Waals surface area contributed by atoms with Crippen molar-refractivity contribution in [2.75, 3.05) is 12.4 Å². The molecule has 0 saturated heterocycles. The lowest BCUT2D eigenvalue weighted by molar-refractivity contribution is 0.102. The minimum atomic E-state index is -0.223. The molecule has 0 radical (unpaired) electrons. The summed E-state index contributed by atoms with van der Waals surface area (Å²) in [5, 5.41) is 2.90. The number of rotatable bonds is 3. The summed E-state index contributed by atoms with van der Waals surface area (Å²) in [6, 6.07) is 9.25. The van der Waals surface area contributed by atoms with E-state index in [0.717, 1.165) is 24.7 Å². The van der Waals surface area contributed by atoms with Crippen LogP contribution in [0.1, 0.15) is 15.9 Å². The van der Waals surface area contributed by atoms with Gasteiger partial charge in [-0.25, -0.2) is 0 Å². The first-order valence-electron chi connectivity index (χ1n) is 6.03. The van der Waals surface area contributed by atoms with Crippen molar-refractivity contribution < 1.29 is 9.53 Å².